The highest BCUT2D eigenvalue weighted by Crippen LogP contribution is 2.32. The Morgan fingerprint density at radius 2 is 1.97 bits per heavy atom. The summed E-state index contributed by atoms with van der Waals surface area (Å²) in [5.41, 5.74) is 4.26. The van der Waals surface area contributed by atoms with E-state index in [0.29, 0.717) is 31.2 Å². The van der Waals surface area contributed by atoms with Crippen LogP contribution in [0, 0.1) is 6.92 Å². The lowest BCUT2D eigenvalue weighted by Gasteiger charge is -2.16. The number of benzene rings is 2. The molecule has 4 aromatic rings. The van der Waals surface area contributed by atoms with Gasteiger partial charge in [-0.1, -0.05) is 29.8 Å². The number of anilines is 1. The highest BCUT2D eigenvalue weighted by atomic mass is 16.5. The average Bonchev–Trinajstić information content (AvgIpc) is 3.46. The molecule has 3 heterocycles. The van der Waals surface area contributed by atoms with E-state index in [2.05, 4.69) is 15.1 Å². The normalized spacial score (nSPS) is 16.5. The number of aromatic amines is 1. The van der Waals surface area contributed by atoms with Gasteiger partial charge in [0.1, 0.15) is 0 Å². The topological polar surface area (TPSA) is 97.0 Å². The van der Waals surface area contributed by atoms with Crippen molar-refractivity contribution in [2.75, 3.05) is 11.4 Å². The van der Waals surface area contributed by atoms with Crippen molar-refractivity contribution in [3.8, 4) is 11.4 Å². The molecule has 8 heteroatoms. The molecule has 2 aromatic heterocycles. The second-order valence-electron chi connectivity index (χ2n) is 8.01. The number of fused-ring (bicyclic) bond motifs is 1. The van der Waals surface area contributed by atoms with Crippen LogP contribution in [0.1, 0.15) is 37.1 Å². The fourth-order valence-corrected chi connectivity index (χ4v) is 4.11. The van der Waals surface area contributed by atoms with Crippen LogP contribution in [0.5, 0.6) is 0 Å². The molecule has 0 spiro atoms. The maximum absolute atomic E-state index is 12.6. The van der Waals surface area contributed by atoms with Gasteiger partial charge in [-0.3, -0.25) is 9.36 Å². The zero-order valence-corrected chi connectivity index (χ0v) is 17.5. The number of hydrogen-bond donors (Lipinski definition) is 1. The minimum absolute atomic E-state index is 0.0462. The second kappa shape index (κ2) is 7.54. The van der Waals surface area contributed by atoms with Crippen molar-refractivity contribution in [2.45, 2.75) is 39.2 Å². The third-order valence-corrected chi connectivity index (χ3v) is 5.74. The zero-order chi connectivity index (χ0) is 21.5. The van der Waals surface area contributed by atoms with Gasteiger partial charge in [0.25, 0.3) is 0 Å². The van der Waals surface area contributed by atoms with E-state index in [1.165, 1.54) is 0 Å². The molecule has 2 aromatic carbocycles. The van der Waals surface area contributed by atoms with Crippen LogP contribution in [-0.4, -0.2) is 32.1 Å². The maximum atomic E-state index is 12.6. The highest BCUT2D eigenvalue weighted by molar-refractivity contribution is 5.96. The summed E-state index contributed by atoms with van der Waals surface area (Å²) in [6.45, 7) is 5.23. The minimum Gasteiger partial charge on any atom is -0.339 e. The number of aromatic nitrogens is 4. The van der Waals surface area contributed by atoms with Crippen molar-refractivity contribution in [1.29, 1.82) is 0 Å². The molecule has 1 aliphatic heterocycles. The largest absolute Gasteiger partial charge is 0.339 e. The Labute approximate surface area is 178 Å². The molecular weight excluding hydrogens is 394 g/mol. The van der Waals surface area contributed by atoms with E-state index in [1.54, 1.807) is 9.47 Å². The Morgan fingerprint density at radius 3 is 2.74 bits per heavy atom. The summed E-state index contributed by atoms with van der Waals surface area (Å²) < 4.78 is 7.24. The minimum atomic E-state index is -0.149. The molecule has 0 aliphatic carbocycles. The van der Waals surface area contributed by atoms with E-state index in [-0.39, 0.29) is 17.5 Å². The molecule has 8 nitrogen and oxygen atoms in total. The molecule has 0 saturated carbocycles. The maximum Gasteiger partial charge on any atom is 0.326 e. The van der Waals surface area contributed by atoms with Crippen LogP contribution in [0.3, 0.4) is 0 Å². The lowest BCUT2D eigenvalue weighted by atomic mass is 10.1. The zero-order valence-electron chi connectivity index (χ0n) is 17.5. The van der Waals surface area contributed by atoms with Crippen molar-refractivity contribution < 1.29 is 9.32 Å². The number of nitrogens with zero attached hydrogens (tertiary/aromatic N) is 4. The number of amides is 1. The smallest absolute Gasteiger partial charge is 0.326 e. The Kier molecular flexibility index (Phi) is 4.69. The predicted molar refractivity (Wildman–Crippen MR) is 117 cm³/mol. The van der Waals surface area contributed by atoms with Gasteiger partial charge in [0.05, 0.1) is 17.0 Å². The van der Waals surface area contributed by atoms with Gasteiger partial charge >= 0.3 is 5.69 Å². The van der Waals surface area contributed by atoms with E-state index in [4.69, 9.17) is 4.52 Å². The van der Waals surface area contributed by atoms with Crippen molar-refractivity contribution in [3.63, 3.8) is 0 Å². The lowest BCUT2D eigenvalue weighted by Crippen LogP contribution is -2.24. The first-order chi connectivity index (χ1) is 15.0. The average molecular weight is 417 g/mol. The summed E-state index contributed by atoms with van der Waals surface area (Å²) in [7, 11) is 0. The SMILES string of the molecule is CCCn1c(=O)[nH]c2cc(-c3noc(C4CC(=O)N(c5ccc(C)cc5)C4)n3)ccc21. The number of H-pyrrole nitrogens is 1. The molecule has 1 atom stereocenters. The molecule has 1 amide bonds. The number of carbonyl (C=O) groups excluding carboxylic acids is 1. The summed E-state index contributed by atoms with van der Waals surface area (Å²) in [5, 5.41) is 4.12. The fourth-order valence-electron chi connectivity index (χ4n) is 4.11. The van der Waals surface area contributed by atoms with E-state index >= 15 is 0 Å². The van der Waals surface area contributed by atoms with Gasteiger partial charge in [0, 0.05) is 30.8 Å². The molecule has 158 valence electrons. The van der Waals surface area contributed by atoms with Crippen LogP contribution in [0.4, 0.5) is 5.69 Å². The van der Waals surface area contributed by atoms with Gasteiger partial charge in [-0.05, 0) is 43.7 Å². The second-order valence-corrected chi connectivity index (χ2v) is 8.01. The molecule has 5 rings (SSSR count). The number of imidazole rings is 1. The molecule has 1 fully saturated rings. The van der Waals surface area contributed by atoms with Gasteiger partial charge < -0.3 is 14.4 Å². The molecule has 1 unspecified atom stereocenters. The summed E-state index contributed by atoms with van der Waals surface area (Å²) in [6.07, 6.45) is 1.21. The standard InChI is InChI=1S/C23H23N5O3/c1-3-10-27-19-9-6-15(11-18(19)24-23(27)30)21-25-22(31-26-21)16-12-20(29)28(13-16)17-7-4-14(2)5-8-17/h4-9,11,16H,3,10,12-13H2,1-2H3,(H,24,30). The number of nitrogens with one attached hydrogen (secondary N) is 1. The summed E-state index contributed by atoms with van der Waals surface area (Å²) in [6, 6.07) is 13.5. The van der Waals surface area contributed by atoms with E-state index in [0.717, 1.165) is 34.3 Å². The monoisotopic (exact) mass is 417 g/mol. The van der Waals surface area contributed by atoms with Crippen LogP contribution in [0.15, 0.2) is 51.8 Å². The highest BCUT2D eigenvalue weighted by Gasteiger charge is 2.35. The number of hydrogen-bond acceptors (Lipinski definition) is 5. The van der Waals surface area contributed by atoms with Crippen LogP contribution in [0.2, 0.25) is 0 Å². The number of aryl methyl sites for hydroxylation is 2. The van der Waals surface area contributed by atoms with Crippen LogP contribution in [-0.2, 0) is 11.3 Å². The first kappa shape index (κ1) is 19.3. The molecular formula is C23H23N5O3. The number of carbonyl (C=O) groups is 1. The molecule has 1 aliphatic rings. The summed E-state index contributed by atoms with van der Waals surface area (Å²) >= 11 is 0. The van der Waals surface area contributed by atoms with Crippen molar-refractivity contribution >= 4 is 22.6 Å². The summed E-state index contributed by atoms with van der Waals surface area (Å²) in [5.74, 6) is 0.798. The Balaban J connectivity index is 1.39. The molecule has 0 bridgehead atoms. The van der Waals surface area contributed by atoms with Gasteiger partial charge in [0.2, 0.25) is 17.6 Å². The van der Waals surface area contributed by atoms with Gasteiger partial charge in [-0.25, -0.2) is 4.79 Å². The lowest BCUT2D eigenvalue weighted by molar-refractivity contribution is -0.117. The Bertz CT molecular complexity index is 1320. The Hall–Kier alpha value is -3.68. The third kappa shape index (κ3) is 3.43. The molecule has 31 heavy (non-hydrogen) atoms. The van der Waals surface area contributed by atoms with E-state index in [1.807, 2.05) is 56.3 Å². The Morgan fingerprint density at radius 1 is 1.16 bits per heavy atom. The first-order valence-electron chi connectivity index (χ1n) is 10.5. The fraction of sp³-hybridized carbons (Fsp3) is 0.304. The van der Waals surface area contributed by atoms with E-state index in [9.17, 15) is 9.59 Å². The van der Waals surface area contributed by atoms with Gasteiger partial charge in [-0.2, -0.15) is 4.98 Å². The van der Waals surface area contributed by atoms with Crippen LogP contribution < -0.4 is 10.6 Å². The predicted octanol–water partition coefficient (Wildman–Crippen LogP) is 3.62. The number of rotatable bonds is 5. The van der Waals surface area contributed by atoms with Crippen molar-refractivity contribution in [3.05, 3.63) is 64.4 Å². The summed E-state index contributed by atoms with van der Waals surface area (Å²) in [4.78, 5) is 33.9. The third-order valence-electron chi connectivity index (χ3n) is 5.74. The van der Waals surface area contributed by atoms with Gasteiger partial charge in [-0.15, -0.1) is 0 Å². The van der Waals surface area contributed by atoms with Crippen LogP contribution >= 0.6 is 0 Å². The first-order valence-corrected chi connectivity index (χ1v) is 10.5. The van der Waals surface area contributed by atoms with Gasteiger partial charge in [0.15, 0.2) is 0 Å². The quantitative estimate of drug-likeness (QED) is 0.535. The van der Waals surface area contributed by atoms with Crippen molar-refractivity contribution in [2.24, 2.45) is 0 Å². The van der Waals surface area contributed by atoms with Crippen LogP contribution in [0.25, 0.3) is 22.4 Å². The molecule has 1 N–H and O–H groups in total. The van der Waals surface area contributed by atoms with Crippen molar-refractivity contribution in [1.82, 2.24) is 19.7 Å². The van der Waals surface area contributed by atoms with E-state index < -0.39 is 0 Å². The molecule has 0 radical (unpaired) electrons. The molecule has 1 saturated heterocycles.